The minimum atomic E-state index is 1.05. The van der Waals surface area contributed by atoms with Crippen LogP contribution in [-0.2, 0) is 0 Å². The molecule has 3 heteroatoms. The van der Waals surface area contributed by atoms with Gasteiger partial charge in [0.2, 0.25) is 0 Å². The van der Waals surface area contributed by atoms with Crippen LogP contribution in [0.2, 0.25) is 0 Å². The molecule has 0 aliphatic carbocycles. The summed E-state index contributed by atoms with van der Waals surface area (Å²) in [6, 6.07) is 16.9. The maximum atomic E-state index is 4.36. The third kappa shape index (κ3) is 1.63. The van der Waals surface area contributed by atoms with E-state index in [0.29, 0.717) is 0 Å². The van der Waals surface area contributed by atoms with Crippen molar-refractivity contribution in [2.45, 2.75) is 0 Å². The summed E-state index contributed by atoms with van der Waals surface area (Å²) in [6.45, 7) is 0. The third-order valence-corrected chi connectivity index (χ3v) is 4.43. The molecular formula is C16H10N2S. The fraction of sp³-hybridized carbons (Fsp3) is 0. The molecule has 2 heterocycles. The number of benzene rings is 2. The van der Waals surface area contributed by atoms with E-state index in [2.05, 4.69) is 52.4 Å². The topological polar surface area (TPSA) is 25.8 Å². The quantitative estimate of drug-likeness (QED) is 0.504. The number of thiophene rings is 1. The fourth-order valence-corrected chi connectivity index (χ4v) is 3.53. The number of hydrogen-bond donors (Lipinski definition) is 0. The molecule has 0 spiro atoms. The molecule has 4 aromatic rings. The van der Waals surface area contributed by atoms with E-state index in [1.807, 2.05) is 12.3 Å². The summed E-state index contributed by atoms with van der Waals surface area (Å²) < 4.78 is 1.28. The Labute approximate surface area is 114 Å². The first-order valence-corrected chi connectivity index (χ1v) is 6.92. The van der Waals surface area contributed by atoms with Gasteiger partial charge in [-0.2, -0.15) is 0 Å². The van der Waals surface area contributed by atoms with Crippen LogP contribution in [0.15, 0.2) is 61.1 Å². The lowest BCUT2D eigenvalue weighted by atomic mass is 10.0. The van der Waals surface area contributed by atoms with E-state index >= 15 is 0 Å². The van der Waals surface area contributed by atoms with Crippen molar-refractivity contribution in [2.75, 3.05) is 0 Å². The number of hydrogen-bond acceptors (Lipinski definition) is 3. The molecule has 0 atom stereocenters. The molecule has 2 nitrogen and oxygen atoms in total. The Kier molecular flexibility index (Phi) is 2.32. The maximum absolute atomic E-state index is 4.36. The van der Waals surface area contributed by atoms with Gasteiger partial charge in [-0.25, -0.2) is 9.97 Å². The van der Waals surface area contributed by atoms with E-state index in [-0.39, 0.29) is 0 Å². The second-order valence-electron chi connectivity index (χ2n) is 4.39. The molecule has 0 bridgehead atoms. The SMILES string of the molecule is c1ccc(-c2cccc3c2sc2ncncc23)cc1. The summed E-state index contributed by atoms with van der Waals surface area (Å²) in [7, 11) is 0. The van der Waals surface area contributed by atoms with Crippen LogP contribution in [0.1, 0.15) is 0 Å². The van der Waals surface area contributed by atoms with Gasteiger partial charge in [0, 0.05) is 21.7 Å². The van der Waals surface area contributed by atoms with Crippen molar-refractivity contribution in [3.8, 4) is 11.1 Å². The molecule has 0 unspecified atom stereocenters. The highest BCUT2D eigenvalue weighted by Gasteiger charge is 2.10. The molecule has 0 saturated heterocycles. The third-order valence-electron chi connectivity index (χ3n) is 3.26. The fourth-order valence-electron chi connectivity index (χ4n) is 2.39. The van der Waals surface area contributed by atoms with Gasteiger partial charge in [-0.1, -0.05) is 48.5 Å². The van der Waals surface area contributed by atoms with Gasteiger partial charge in [0.05, 0.1) is 0 Å². The number of rotatable bonds is 1. The Morgan fingerprint density at radius 1 is 0.842 bits per heavy atom. The highest BCUT2D eigenvalue weighted by Crippen LogP contribution is 2.38. The summed E-state index contributed by atoms with van der Waals surface area (Å²) >= 11 is 1.73. The number of fused-ring (bicyclic) bond motifs is 3. The van der Waals surface area contributed by atoms with Gasteiger partial charge >= 0.3 is 0 Å². The van der Waals surface area contributed by atoms with Crippen molar-refractivity contribution >= 4 is 31.6 Å². The summed E-state index contributed by atoms with van der Waals surface area (Å²) in [5.74, 6) is 0. The molecule has 90 valence electrons. The van der Waals surface area contributed by atoms with Gasteiger partial charge in [0.25, 0.3) is 0 Å². The van der Waals surface area contributed by atoms with Crippen LogP contribution in [-0.4, -0.2) is 9.97 Å². The van der Waals surface area contributed by atoms with Crippen molar-refractivity contribution in [2.24, 2.45) is 0 Å². The number of aromatic nitrogens is 2. The van der Waals surface area contributed by atoms with E-state index in [0.717, 1.165) is 10.2 Å². The zero-order chi connectivity index (χ0) is 12.7. The lowest BCUT2D eigenvalue weighted by molar-refractivity contribution is 1.24. The van der Waals surface area contributed by atoms with Crippen molar-refractivity contribution < 1.29 is 0 Å². The van der Waals surface area contributed by atoms with Crippen LogP contribution >= 0.6 is 11.3 Å². The van der Waals surface area contributed by atoms with Crippen LogP contribution in [0.3, 0.4) is 0 Å². The minimum absolute atomic E-state index is 1.05. The second kappa shape index (κ2) is 4.14. The van der Waals surface area contributed by atoms with Crippen molar-refractivity contribution in [3.63, 3.8) is 0 Å². The summed E-state index contributed by atoms with van der Waals surface area (Å²) in [6.07, 6.45) is 3.51. The lowest BCUT2D eigenvalue weighted by Crippen LogP contribution is -1.77. The smallest absolute Gasteiger partial charge is 0.127 e. The molecule has 2 aromatic carbocycles. The lowest BCUT2D eigenvalue weighted by Gasteiger charge is -2.02. The van der Waals surface area contributed by atoms with Crippen molar-refractivity contribution in [1.82, 2.24) is 9.97 Å². The monoisotopic (exact) mass is 262 g/mol. The number of nitrogens with zero attached hydrogens (tertiary/aromatic N) is 2. The Hall–Kier alpha value is -2.26. The summed E-state index contributed by atoms with van der Waals surface area (Å²) in [5, 5.41) is 2.38. The molecular weight excluding hydrogens is 252 g/mol. The molecule has 19 heavy (non-hydrogen) atoms. The van der Waals surface area contributed by atoms with Gasteiger partial charge in [0.1, 0.15) is 11.2 Å². The minimum Gasteiger partial charge on any atom is -0.244 e. The Bertz CT molecular complexity index is 866. The normalized spacial score (nSPS) is 11.2. The van der Waals surface area contributed by atoms with E-state index < -0.39 is 0 Å². The highest BCUT2D eigenvalue weighted by molar-refractivity contribution is 7.26. The van der Waals surface area contributed by atoms with E-state index in [1.54, 1.807) is 17.7 Å². The Morgan fingerprint density at radius 2 is 1.74 bits per heavy atom. The molecule has 0 saturated carbocycles. The van der Waals surface area contributed by atoms with Crippen LogP contribution in [0.5, 0.6) is 0 Å². The average Bonchev–Trinajstić information content (AvgIpc) is 2.87. The maximum Gasteiger partial charge on any atom is 0.127 e. The van der Waals surface area contributed by atoms with Crippen molar-refractivity contribution in [1.29, 1.82) is 0 Å². The predicted octanol–water partition coefficient (Wildman–Crippen LogP) is 4.51. The zero-order valence-corrected chi connectivity index (χ0v) is 10.9. The van der Waals surface area contributed by atoms with E-state index in [1.165, 1.54) is 21.2 Å². The van der Waals surface area contributed by atoms with Gasteiger partial charge < -0.3 is 0 Å². The van der Waals surface area contributed by atoms with Crippen LogP contribution in [0, 0.1) is 0 Å². The molecule has 0 N–H and O–H groups in total. The Morgan fingerprint density at radius 3 is 2.63 bits per heavy atom. The highest BCUT2D eigenvalue weighted by atomic mass is 32.1. The Balaban J connectivity index is 2.13. The first-order chi connectivity index (χ1) is 9.43. The predicted molar refractivity (Wildman–Crippen MR) is 80.4 cm³/mol. The molecule has 0 fully saturated rings. The van der Waals surface area contributed by atoms with E-state index in [9.17, 15) is 0 Å². The molecule has 0 radical (unpaired) electrons. The average molecular weight is 262 g/mol. The largest absolute Gasteiger partial charge is 0.244 e. The molecule has 0 aliphatic rings. The summed E-state index contributed by atoms with van der Waals surface area (Å²) in [5.41, 5.74) is 2.51. The molecule has 4 rings (SSSR count). The van der Waals surface area contributed by atoms with Gasteiger partial charge in [-0.05, 0) is 11.1 Å². The first kappa shape index (κ1) is 10.6. The van der Waals surface area contributed by atoms with Gasteiger partial charge in [0.15, 0.2) is 0 Å². The van der Waals surface area contributed by atoms with Gasteiger partial charge in [-0.15, -0.1) is 11.3 Å². The van der Waals surface area contributed by atoms with Gasteiger partial charge in [-0.3, -0.25) is 0 Å². The first-order valence-electron chi connectivity index (χ1n) is 6.10. The summed E-state index contributed by atoms with van der Waals surface area (Å²) in [4.78, 5) is 9.54. The van der Waals surface area contributed by atoms with E-state index in [4.69, 9.17) is 0 Å². The zero-order valence-electron chi connectivity index (χ0n) is 10.1. The van der Waals surface area contributed by atoms with Crippen LogP contribution in [0.25, 0.3) is 31.4 Å². The van der Waals surface area contributed by atoms with Crippen LogP contribution in [0.4, 0.5) is 0 Å². The second-order valence-corrected chi connectivity index (χ2v) is 5.39. The molecule has 0 amide bonds. The molecule has 0 aliphatic heterocycles. The molecule has 2 aromatic heterocycles. The van der Waals surface area contributed by atoms with Crippen LogP contribution < -0.4 is 0 Å². The standard InChI is InChI=1S/C16H10N2S/c1-2-5-11(6-3-1)12-7-4-8-13-14-9-17-10-18-16(14)19-15(12)13/h1-10H. The van der Waals surface area contributed by atoms with Crippen molar-refractivity contribution in [3.05, 3.63) is 61.1 Å².